The molecule has 1 N–H and O–H groups in total. The van der Waals surface area contributed by atoms with Crippen molar-refractivity contribution in [3.05, 3.63) is 64.9 Å². The van der Waals surface area contributed by atoms with E-state index in [9.17, 15) is 9.18 Å². The van der Waals surface area contributed by atoms with Gasteiger partial charge in [-0.25, -0.2) is 9.37 Å². The van der Waals surface area contributed by atoms with E-state index in [2.05, 4.69) is 10.3 Å². The van der Waals surface area contributed by atoms with Crippen LogP contribution in [0.3, 0.4) is 0 Å². The lowest BCUT2D eigenvalue weighted by Crippen LogP contribution is -2.22. The second kappa shape index (κ2) is 5.38. The van der Waals surface area contributed by atoms with E-state index < -0.39 is 0 Å². The second-order valence-corrected chi connectivity index (χ2v) is 5.33. The summed E-state index contributed by atoms with van der Waals surface area (Å²) in [7, 11) is 0. The number of nitrogens with one attached hydrogen (secondary N) is 1. The Labute approximate surface area is 119 Å². The van der Waals surface area contributed by atoms with Gasteiger partial charge in [0.25, 0.3) is 5.91 Å². The number of rotatable bonds is 3. The van der Waals surface area contributed by atoms with Crippen molar-refractivity contribution in [2.45, 2.75) is 6.54 Å². The zero-order valence-electron chi connectivity index (χ0n) is 10.5. The quantitative estimate of drug-likeness (QED) is 0.802. The van der Waals surface area contributed by atoms with Gasteiger partial charge in [-0.1, -0.05) is 24.3 Å². The molecule has 1 amide bonds. The smallest absolute Gasteiger partial charge is 0.280 e. The number of thiazole rings is 1. The predicted octanol–water partition coefficient (Wildman–Crippen LogP) is 3.37. The Bertz CT molecular complexity index is 719. The van der Waals surface area contributed by atoms with Gasteiger partial charge in [0.15, 0.2) is 5.01 Å². The van der Waals surface area contributed by atoms with Gasteiger partial charge < -0.3 is 5.32 Å². The van der Waals surface area contributed by atoms with Gasteiger partial charge in [-0.15, -0.1) is 11.3 Å². The molecule has 0 aliphatic rings. The summed E-state index contributed by atoms with van der Waals surface area (Å²) in [6.45, 7) is 0.356. The van der Waals surface area contributed by atoms with Gasteiger partial charge in [0.05, 0.1) is 10.2 Å². The number of para-hydroxylation sites is 1. The fraction of sp³-hybridized carbons (Fsp3) is 0.0667. The highest BCUT2D eigenvalue weighted by Gasteiger charge is 2.11. The summed E-state index contributed by atoms with van der Waals surface area (Å²) in [4.78, 5) is 16.3. The molecule has 0 spiro atoms. The Kier molecular flexibility index (Phi) is 3.43. The van der Waals surface area contributed by atoms with Crippen LogP contribution in [0, 0.1) is 5.82 Å². The maximum Gasteiger partial charge on any atom is 0.280 e. The van der Waals surface area contributed by atoms with Crippen LogP contribution in [0.15, 0.2) is 48.5 Å². The molecule has 1 aromatic heterocycles. The monoisotopic (exact) mass is 286 g/mol. The van der Waals surface area contributed by atoms with Gasteiger partial charge in [0, 0.05) is 6.54 Å². The average Bonchev–Trinajstić information content (AvgIpc) is 2.90. The molecular weight excluding hydrogens is 275 g/mol. The summed E-state index contributed by atoms with van der Waals surface area (Å²) in [6.07, 6.45) is 0. The standard InChI is InChI=1S/C15H11FN2OS/c16-11-7-5-10(6-8-11)9-17-14(19)15-18-12-3-1-2-4-13(12)20-15/h1-8H,9H2,(H,17,19). The Morgan fingerprint density at radius 2 is 1.90 bits per heavy atom. The summed E-state index contributed by atoms with van der Waals surface area (Å²) in [6, 6.07) is 13.7. The Morgan fingerprint density at radius 3 is 2.65 bits per heavy atom. The fourth-order valence-corrected chi connectivity index (χ4v) is 2.71. The molecule has 3 aromatic rings. The third kappa shape index (κ3) is 2.67. The van der Waals surface area contributed by atoms with Crippen molar-refractivity contribution in [2.24, 2.45) is 0 Å². The molecule has 3 rings (SSSR count). The first-order valence-corrected chi connectivity index (χ1v) is 6.92. The lowest BCUT2D eigenvalue weighted by Gasteiger charge is -2.02. The van der Waals surface area contributed by atoms with Crippen molar-refractivity contribution in [3.63, 3.8) is 0 Å². The van der Waals surface area contributed by atoms with Gasteiger partial charge in [-0.2, -0.15) is 0 Å². The van der Waals surface area contributed by atoms with E-state index in [1.807, 2.05) is 24.3 Å². The summed E-state index contributed by atoms with van der Waals surface area (Å²) >= 11 is 1.36. The van der Waals surface area contributed by atoms with Crippen LogP contribution in [0.1, 0.15) is 15.4 Å². The highest BCUT2D eigenvalue weighted by Crippen LogP contribution is 2.21. The van der Waals surface area contributed by atoms with Crippen LogP contribution in [-0.4, -0.2) is 10.9 Å². The normalized spacial score (nSPS) is 10.7. The molecule has 0 bridgehead atoms. The average molecular weight is 286 g/mol. The number of benzene rings is 2. The molecule has 0 radical (unpaired) electrons. The molecule has 3 nitrogen and oxygen atoms in total. The fourth-order valence-electron chi connectivity index (χ4n) is 1.83. The van der Waals surface area contributed by atoms with Crippen molar-refractivity contribution >= 4 is 27.5 Å². The lowest BCUT2D eigenvalue weighted by atomic mass is 10.2. The lowest BCUT2D eigenvalue weighted by molar-refractivity contribution is 0.0951. The first-order chi connectivity index (χ1) is 9.72. The first kappa shape index (κ1) is 12.7. The van der Waals surface area contributed by atoms with Crippen molar-refractivity contribution in [3.8, 4) is 0 Å². The SMILES string of the molecule is O=C(NCc1ccc(F)cc1)c1nc2ccccc2s1. The Balaban J connectivity index is 1.71. The number of nitrogens with zero attached hydrogens (tertiary/aromatic N) is 1. The summed E-state index contributed by atoms with van der Waals surface area (Å²) < 4.78 is 13.8. The molecule has 0 aliphatic heterocycles. The van der Waals surface area contributed by atoms with Gasteiger partial charge in [-0.05, 0) is 29.8 Å². The minimum Gasteiger partial charge on any atom is -0.346 e. The molecule has 20 heavy (non-hydrogen) atoms. The van der Waals surface area contributed by atoms with Crippen LogP contribution < -0.4 is 5.32 Å². The maximum atomic E-state index is 12.8. The Hall–Kier alpha value is -2.27. The van der Waals surface area contributed by atoms with E-state index in [0.717, 1.165) is 15.8 Å². The van der Waals surface area contributed by atoms with E-state index in [1.165, 1.54) is 23.5 Å². The van der Waals surface area contributed by atoms with Gasteiger partial charge in [0.1, 0.15) is 5.82 Å². The molecule has 0 fully saturated rings. The van der Waals surface area contributed by atoms with Gasteiger partial charge >= 0.3 is 0 Å². The van der Waals surface area contributed by atoms with E-state index in [1.54, 1.807) is 12.1 Å². The zero-order valence-corrected chi connectivity index (χ0v) is 11.3. The molecule has 0 saturated carbocycles. The minimum atomic E-state index is -0.286. The highest BCUT2D eigenvalue weighted by atomic mass is 32.1. The third-order valence-corrected chi connectivity index (χ3v) is 3.89. The summed E-state index contributed by atoms with van der Waals surface area (Å²) in [5, 5.41) is 3.22. The number of halogens is 1. The molecule has 1 heterocycles. The largest absolute Gasteiger partial charge is 0.346 e. The van der Waals surface area contributed by atoms with Gasteiger partial charge in [0.2, 0.25) is 0 Å². The summed E-state index contributed by atoms with van der Waals surface area (Å²) in [5.74, 6) is -0.498. The van der Waals surface area contributed by atoms with Crippen molar-refractivity contribution in [1.29, 1.82) is 0 Å². The van der Waals surface area contributed by atoms with E-state index in [-0.39, 0.29) is 11.7 Å². The van der Waals surface area contributed by atoms with Crippen LogP contribution in [-0.2, 0) is 6.54 Å². The van der Waals surface area contributed by atoms with Crippen LogP contribution in [0.25, 0.3) is 10.2 Å². The molecule has 2 aromatic carbocycles. The van der Waals surface area contributed by atoms with E-state index >= 15 is 0 Å². The number of amides is 1. The number of hydrogen-bond donors (Lipinski definition) is 1. The number of aromatic nitrogens is 1. The number of carbonyl (C=O) groups excluding carboxylic acids is 1. The second-order valence-electron chi connectivity index (χ2n) is 4.30. The highest BCUT2D eigenvalue weighted by molar-refractivity contribution is 7.20. The van der Waals surface area contributed by atoms with Crippen LogP contribution >= 0.6 is 11.3 Å². The molecular formula is C15H11FN2OS. The molecule has 0 atom stereocenters. The molecule has 0 aliphatic carbocycles. The summed E-state index contributed by atoms with van der Waals surface area (Å²) in [5.41, 5.74) is 1.67. The van der Waals surface area contributed by atoms with Crippen molar-refractivity contribution in [1.82, 2.24) is 10.3 Å². The zero-order chi connectivity index (χ0) is 13.9. The molecule has 0 saturated heterocycles. The van der Waals surface area contributed by atoms with E-state index in [0.29, 0.717) is 11.6 Å². The number of hydrogen-bond acceptors (Lipinski definition) is 3. The number of fused-ring (bicyclic) bond motifs is 1. The maximum absolute atomic E-state index is 12.8. The van der Waals surface area contributed by atoms with Crippen LogP contribution in [0.5, 0.6) is 0 Å². The number of carbonyl (C=O) groups is 1. The van der Waals surface area contributed by atoms with Crippen molar-refractivity contribution in [2.75, 3.05) is 0 Å². The third-order valence-electron chi connectivity index (χ3n) is 2.85. The predicted molar refractivity (Wildman–Crippen MR) is 77.2 cm³/mol. The minimum absolute atomic E-state index is 0.212. The first-order valence-electron chi connectivity index (χ1n) is 6.10. The van der Waals surface area contributed by atoms with Crippen LogP contribution in [0.2, 0.25) is 0 Å². The molecule has 5 heteroatoms. The van der Waals surface area contributed by atoms with E-state index in [4.69, 9.17) is 0 Å². The Morgan fingerprint density at radius 1 is 1.15 bits per heavy atom. The molecule has 0 unspecified atom stereocenters. The van der Waals surface area contributed by atoms with Crippen molar-refractivity contribution < 1.29 is 9.18 Å². The van der Waals surface area contributed by atoms with Crippen LogP contribution in [0.4, 0.5) is 4.39 Å². The topological polar surface area (TPSA) is 42.0 Å². The molecule has 100 valence electrons. The van der Waals surface area contributed by atoms with Gasteiger partial charge in [-0.3, -0.25) is 4.79 Å².